The number of hydrogen-bond donors (Lipinski definition) is 1. The molecule has 2 heteroatoms. The van der Waals surface area contributed by atoms with Crippen LogP contribution in [0.3, 0.4) is 0 Å². The second-order valence-corrected chi connectivity index (χ2v) is 7.15. The lowest BCUT2D eigenvalue weighted by Crippen LogP contribution is -2.32. The Hall–Kier alpha value is 0.310. The maximum Gasteiger partial charge on any atom is 0.0158 e. The van der Waals surface area contributed by atoms with E-state index in [0.717, 1.165) is 23.8 Å². The maximum atomic E-state index is 3.66. The summed E-state index contributed by atoms with van der Waals surface area (Å²) in [5, 5.41) is 4.62. The van der Waals surface area contributed by atoms with Gasteiger partial charge in [0.15, 0.2) is 0 Å². The molecule has 1 unspecified atom stereocenters. The average Bonchev–Trinajstić information content (AvgIpc) is 2.34. The highest BCUT2D eigenvalue weighted by atomic mass is 32.2. The van der Waals surface area contributed by atoms with Crippen molar-refractivity contribution in [1.29, 1.82) is 0 Å². The molecule has 1 fully saturated rings. The largest absolute Gasteiger partial charge is 0.313 e. The van der Waals surface area contributed by atoms with Gasteiger partial charge >= 0.3 is 0 Å². The standard InChI is InChI=1S/C15H31NS/c1-4-16-14(11-10-13(2)3)12-17-15-8-6-5-7-9-15/h13-16H,4-12H2,1-3H3. The van der Waals surface area contributed by atoms with Gasteiger partial charge in [0.2, 0.25) is 0 Å². The van der Waals surface area contributed by atoms with E-state index in [0.29, 0.717) is 0 Å². The minimum atomic E-state index is 0.745. The van der Waals surface area contributed by atoms with E-state index in [4.69, 9.17) is 0 Å². The molecule has 0 bridgehead atoms. The van der Waals surface area contributed by atoms with Crippen LogP contribution in [0, 0.1) is 5.92 Å². The van der Waals surface area contributed by atoms with Crippen molar-refractivity contribution in [2.24, 2.45) is 5.92 Å². The van der Waals surface area contributed by atoms with Crippen molar-refractivity contribution in [3.63, 3.8) is 0 Å². The van der Waals surface area contributed by atoms with Crippen molar-refractivity contribution in [1.82, 2.24) is 5.32 Å². The van der Waals surface area contributed by atoms with Crippen molar-refractivity contribution in [3.05, 3.63) is 0 Å². The molecule has 0 aliphatic heterocycles. The smallest absolute Gasteiger partial charge is 0.0158 e. The molecule has 17 heavy (non-hydrogen) atoms. The Morgan fingerprint density at radius 1 is 1.12 bits per heavy atom. The van der Waals surface area contributed by atoms with E-state index in [-0.39, 0.29) is 0 Å². The first-order valence-electron chi connectivity index (χ1n) is 7.57. The SMILES string of the molecule is CCNC(CCC(C)C)CSC1CCCCC1. The van der Waals surface area contributed by atoms with Crippen LogP contribution in [-0.4, -0.2) is 23.6 Å². The van der Waals surface area contributed by atoms with Crippen LogP contribution in [0.25, 0.3) is 0 Å². The third-order valence-electron chi connectivity index (χ3n) is 3.67. The molecule has 0 spiro atoms. The van der Waals surface area contributed by atoms with Gasteiger partial charge < -0.3 is 5.32 Å². The van der Waals surface area contributed by atoms with Gasteiger partial charge in [-0.2, -0.15) is 11.8 Å². The summed E-state index contributed by atoms with van der Waals surface area (Å²) < 4.78 is 0. The predicted molar refractivity (Wildman–Crippen MR) is 80.9 cm³/mol. The van der Waals surface area contributed by atoms with Gasteiger partial charge in [0.05, 0.1) is 0 Å². The molecule has 1 N–H and O–H groups in total. The fourth-order valence-electron chi connectivity index (χ4n) is 2.55. The van der Waals surface area contributed by atoms with Gasteiger partial charge in [-0.05, 0) is 38.1 Å². The van der Waals surface area contributed by atoms with Crippen LogP contribution >= 0.6 is 11.8 Å². The van der Waals surface area contributed by atoms with E-state index < -0.39 is 0 Å². The summed E-state index contributed by atoms with van der Waals surface area (Å²) in [6.45, 7) is 8.01. The van der Waals surface area contributed by atoms with Crippen molar-refractivity contribution >= 4 is 11.8 Å². The summed E-state index contributed by atoms with van der Waals surface area (Å²) in [7, 11) is 0. The zero-order valence-electron chi connectivity index (χ0n) is 12.0. The molecule has 0 heterocycles. The van der Waals surface area contributed by atoms with E-state index in [1.54, 1.807) is 0 Å². The van der Waals surface area contributed by atoms with Crippen molar-refractivity contribution in [3.8, 4) is 0 Å². The van der Waals surface area contributed by atoms with Gasteiger partial charge in [-0.25, -0.2) is 0 Å². The number of nitrogens with one attached hydrogen (secondary N) is 1. The van der Waals surface area contributed by atoms with E-state index in [1.807, 2.05) is 0 Å². The molecule has 1 atom stereocenters. The van der Waals surface area contributed by atoms with E-state index in [9.17, 15) is 0 Å². The Bertz CT molecular complexity index is 176. The third kappa shape index (κ3) is 7.35. The molecule has 0 saturated heterocycles. The highest BCUT2D eigenvalue weighted by Crippen LogP contribution is 2.29. The van der Waals surface area contributed by atoms with E-state index >= 15 is 0 Å². The highest BCUT2D eigenvalue weighted by molar-refractivity contribution is 7.99. The summed E-state index contributed by atoms with van der Waals surface area (Å²) in [4.78, 5) is 0. The first-order valence-corrected chi connectivity index (χ1v) is 8.62. The monoisotopic (exact) mass is 257 g/mol. The summed E-state index contributed by atoms with van der Waals surface area (Å²) in [5.41, 5.74) is 0. The normalized spacial score (nSPS) is 19.8. The molecule has 102 valence electrons. The minimum Gasteiger partial charge on any atom is -0.313 e. The Balaban J connectivity index is 2.17. The quantitative estimate of drug-likeness (QED) is 0.688. The second kappa shape index (κ2) is 9.27. The maximum absolute atomic E-state index is 3.66. The lowest BCUT2D eigenvalue weighted by Gasteiger charge is -2.24. The van der Waals surface area contributed by atoms with Gasteiger partial charge in [-0.15, -0.1) is 0 Å². The lowest BCUT2D eigenvalue weighted by molar-refractivity contribution is 0.462. The van der Waals surface area contributed by atoms with Crippen molar-refractivity contribution < 1.29 is 0 Å². The van der Waals surface area contributed by atoms with E-state index in [2.05, 4.69) is 37.8 Å². The predicted octanol–water partition coefficient (Wildman–Crippen LogP) is 4.47. The summed E-state index contributed by atoms with van der Waals surface area (Å²) in [6, 6.07) is 0.745. The van der Waals surface area contributed by atoms with Crippen LogP contribution < -0.4 is 5.32 Å². The van der Waals surface area contributed by atoms with Crippen molar-refractivity contribution in [2.75, 3.05) is 12.3 Å². The zero-order chi connectivity index (χ0) is 12.5. The molecule has 1 nitrogen and oxygen atoms in total. The Morgan fingerprint density at radius 3 is 2.41 bits per heavy atom. The summed E-state index contributed by atoms with van der Waals surface area (Å²) in [5.74, 6) is 2.17. The molecule has 1 rings (SSSR count). The molecule has 0 radical (unpaired) electrons. The lowest BCUT2D eigenvalue weighted by atomic mass is 10.0. The molecule has 1 aliphatic carbocycles. The van der Waals surface area contributed by atoms with Gasteiger partial charge in [0.25, 0.3) is 0 Å². The van der Waals surface area contributed by atoms with Crippen LogP contribution in [0.5, 0.6) is 0 Å². The van der Waals surface area contributed by atoms with Crippen LogP contribution in [0.1, 0.15) is 65.7 Å². The van der Waals surface area contributed by atoms with Crippen LogP contribution in [0.4, 0.5) is 0 Å². The molecule has 0 amide bonds. The Labute approximate surface area is 113 Å². The first kappa shape index (κ1) is 15.4. The van der Waals surface area contributed by atoms with Gasteiger partial charge in [-0.1, -0.05) is 40.0 Å². The average molecular weight is 257 g/mol. The van der Waals surface area contributed by atoms with Gasteiger partial charge in [-0.3, -0.25) is 0 Å². The van der Waals surface area contributed by atoms with Crippen LogP contribution in [0.2, 0.25) is 0 Å². The highest BCUT2D eigenvalue weighted by Gasteiger charge is 2.16. The Kier molecular flexibility index (Phi) is 8.38. The molecule has 0 aromatic rings. The van der Waals surface area contributed by atoms with Crippen LogP contribution in [0.15, 0.2) is 0 Å². The number of rotatable bonds is 8. The fraction of sp³-hybridized carbons (Fsp3) is 1.00. The molecular formula is C15H31NS. The van der Waals surface area contributed by atoms with Gasteiger partial charge in [0, 0.05) is 17.0 Å². The van der Waals surface area contributed by atoms with Crippen LogP contribution in [-0.2, 0) is 0 Å². The zero-order valence-corrected chi connectivity index (χ0v) is 12.8. The summed E-state index contributed by atoms with van der Waals surface area (Å²) in [6.07, 6.45) is 10.1. The molecule has 0 aromatic carbocycles. The van der Waals surface area contributed by atoms with Crippen molar-refractivity contribution in [2.45, 2.75) is 77.0 Å². The minimum absolute atomic E-state index is 0.745. The van der Waals surface area contributed by atoms with Gasteiger partial charge in [0.1, 0.15) is 0 Å². The number of thioether (sulfide) groups is 1. The fourth-order valence-corrected chi connectivity index (χ4v) is 4.01. The second-order valence-electron chi connectivity index (χ2n) is 5.82. The summed E-state index contributed by atoms with van der Waals surface area (Å²) >= 11 is 2.23. The van der Waals surface area contributed by atoms with E-state index in [1.165, 1.54) is 50.7 Å². The third-order valence-corrected chi connectivity index (χ3v) is 5.21. The first-order chi connectivity index (χ1) is 8.22. The Morgan fingerprint density at radius 2 is 1.82 bits per heavy atom. The molecular weight excluding hydrogens is 226 g/mol. The topological polar surface area (TPSA) is 12.0 Å². The number of hydrogen-bond acceptors (Lipinski definition) is 2. The molecule has 1 saturated carbocycles. The molecule has 0 aromatic heterocycles. The molecule has 1 aliphatic rings.